The number of nitrogens with two attached hydrogens (primary N) is 1. The van der Waals surface area contributed by atoms with Gasteiger partial charge in [0, 0.05) is 32.5 Å². The van der Waals surface area contributed by atoms with Crippen LogP contribution in [0.1, 0.15) is 12.8 Å². The standard InChI is InChI=1S/C14H20Cl2N4O2.2ClH/c15-10-7-11(16)13(20-8-10)18-3-4-19-14(21)12(17)9-1-5-22-6-2-9;;/h7-9,12H,1-6,17H2,(H,18,20)(H,19,21);2*1H. The number of nitrogens with zero attached hydrogens (tertiary/aromatic N) is 1. The molecule has 138 valence electrons. The van der Waals surface area contributed by atoms with E-state index in [9.17, 15) is 4.79 Å². The molecule has 0 bridgehead atoms. The number of hydrogen-bond donors (Lipinski definition) is 3. The van der Waals surface area contributed by atoms with Crippen molar-refractivity contribution in [3.05, 3.63) is 22.3 Å². The molecule has 0 spiro atoms. The summed E-state index contributed by atoms with van der Waals surface area (Å²) in [6.07, 6.45) is 3.17. The second-order valence-electron chi connectivity index (χ2n) is 5.18. The molecule has 10 heteroatoms. The third-order valence-corrected chi connectivity index (χ3v) is 4.10. The lowest BCUT2D eigenvalue weighted by molar-refractivity contribution is -0.124. The third-order valence-electron chi connectivity index (χ3n) is 3.60. The molecule has 0 radical (unpaired) electrons. The summed E-state index contributed by atoms with van der Waals surface area (Å²) in [6, 6.07) is 1.12. The number of anilines is 1. The van der Waals surface area contributed by atoms with Crippen molar-refractivity contribution in [3.8, 4) is 0 Å². The van der Waals surface area contributed by atoms with Crippen LogP contribution in [0.5, 0.6) is 0 Å². The number of ether oxygens (including phenoxy) is 1. The number of carbonyl (C=O) groups excluding carboxylic acids is 1. The Labute approximate surface area is 164 Å². The highest BCUT2D eigenvalue weighted by Crippen LogP contribution is 2.22. The van der Waals surface area contributed by atoms with E-state index in [1.54, 1.807) is 6.07 Å². The Morgan fingerprint density at radius 3 is 2.62 bits per heavy atom. The van der Waals surface area contributed by atoms with Gasteiger partial charge in [0.15, 0.2) is 0 Å². The van der Waals surface area contributed by atoms with Gasteiger partial charge in [-0.15, -0.1) is 24.8 Å². The van der Waals surface area contributed by atoms with Crippen molar-refractivity contribution in [1.29, 1.82) is 0 Å². The van der Waals surface area contributed by atoms with Crippen molar-refractivity contribution in [2.75, 3.05) is 31.6 Å². The first-order valence-electron chi connectivity index (χ1n) is 7.24. The first kappa shape index (κ1) is 23.5. The van der Waals surface area contributed by atoms with E-state index in [-0.39, 0.29) is 36.6 Å². The van der Waals surface area contributed by atoms with Crippen molar-refractivity contribution < 1.29 is 9.53 Å². The zero-order valence-electron chi connectivity index (χ0n) is 13.0. The molecule has 0 aromatic carbocycles. The molecule has 1 amide bonds. The maximum Gasteiger partial charge on any atom is 0.237 e. The smallest absolute Gasteiger partial charge is 0.237 e. The third kappa shape index (κ3) is 7.17. The molecule has 2 rings (SSSR count). The first-order valence-corrected chi connectivity index (χ1v) is 7.99. The van der Waals surface area contributed by atoms with Gasteiger partial charge in [-0.3, -0.25) is 4.79 Å². The van der Waals surface area contributed by atoms with E-state index < -0.39 is 6.04 Å². The molecule has 1 fully saturated rings. The van der Waals surface area contributed by atoms with Gasteiger partial charge in [0.1, 0.15) is 5.82 Å². The molecular weight excluding hydrogens is 398 g/mol. The van der Waals surface area contributed by atoms with Gasteiger partial charge in [-0.25, -0.2) is 4.98 Å². The number of pyridine rings is 1. The van der Waals surface area contributed by atoms with Gasteiger partial charge in [-0.2, -0.15) is 0 Å². The van der Waals surface area contributed by atoms with Crippen LogP contribution >= 0.6 is 48.0 Å². The van der Waals surface area contributed by atoms with E-state index in [1.807, 2.05) is 0 Å². The van der Waals surface area contributed by atoms with E-state index in [2.05, 4.69) is 15.6 Å². The monoisotopic (exact) mass is 418 g/mol. The Bertz CT molecular complexity index is 516. The molecule has 24 heavy (non-hydrogen) atoms. The summed E-state index contributed by atoms with van der Waals surface area (Å²) in [5.74, 6) is 0.590. The summed E-state index contributed by atoms with van der Waals surface area (Å²) >= 11 is 11.8. The Hall–Kier alpha value is -0.500. The van der Waals surface area contributed by atoms with Gasteiger partial charge >= 0.3 is 0 Å². The van der Waals surface area contributed by atoms with E-state index in [1.165, 1.54) is 6.20 Å². The number of carbonyl (C=O) groups is 1. The molecule has 1 aromatic rings. The fraction of sp³-hybridized carbons (Fsp3) is 0.571. The highest BCUT2D eigenvalue weighted by atomic mass is 35.5. The van der Waals surface area contributed by atoms with Crippen LogP contribution in [0.3, 0.4) is 0 Å². The minimum absolute atomic E-state index is 0. The van der Waals surface area contributed by atoms with E-state index in [0.717, 1.165) is 12.8 Å². The van der Waals surface area contributed by atoms with Crippen molar-refractivity contribution in [1.82, 2.24) is 10.3 Å². The van der Waals surface area contributed by atoms with Gasteiger partial charge in [0.05, 0.1) is 16.1 Å². The fourth-order valence-corrected chi connectivity index (χ4v) is 2.77. The van der Waals surface area contributed by atoms with Crippen LogP contribution in [0.4, 0.5) is 5.82 Å². The predicted molar refractivity (Wildman–Crippen MR) is 102 cm³/mol. The van der Waals surface area contributed by atoms with E-state index in [4.69, 9.17) is 33.7 Å². The zero-order chi connectivity index (χ0) is 15.9. The van der Waals surface area contributed by atoms with Crippen LogP contribution in [0.15, 0.2) is 12.3 Å². The SMILES string of the molecule is Cl.Cl.NC(C(=O)NCCNc1ncc(Cl)cc1Cl)C1CCOCC1. The minimum atomic E-state index is -0.485. The summed E-state index contributed by atoms with van der Waals surface area (Å²) < 4.78 is 5.27. The second kappa shape index (κ2) is 12.0. The molecule has 1 aliphatic rings. The highest BCUT2D eigenvalue weighted by molar-refractivity contribution is 6.35. The van der Waals surface area contributed by atoms with Crippen molar-refractivity contribution >= 4 is 59.7 Å². The summed E-state index contributed by atoms with van der Waals surface area (Å²) in [6.45, 7) is 2.29. The van der Waals surface area contributed by atoms with Gasteiger partial charge in [0.25, 0.3) is 0 Å². The van der Waals surface area contributed by atoms with E-state index in [0.29, 0.717) is 42.2 Å². The first-order chi connectivity index (χ1) is 10.6. The van der Waals surface area contributed by atoms with Crippen LogP contribution in [-0.2, 0) is 9.53 Å². The van der Waals surface area contributed by atoms with E-state index >= 15 is 0 Å². The molecule has 4 N–H and O–H groups in total. The lowest BCUT2D eigenvalue weighted by Crippen LogP contribution is -2.48. The van der Waals surface area contributed by atoms with Crippen molar-refractivity contribution in [3.63, 3.8) is 0 Å². The lowest BCUT2D eigenvalue weighted by Gasteiger charge is -2.26. The highest BCUT2D eigenvalue weighted by Gasteiger charge is 2.26. The van der Waals surface area contributed by atoms with Crippen molar-refractivity contribution in [2.45, 2.75) is 18.9 Å². The maximum absolute atomic E-state index is 12.0. The second-order valence-corrected chi connectivity index (χ2v) is 6.02. The maximum atomic E-state index is 12.0. The largest absolute Gasteiger partial charge is 0.381 e. The van der Waals surface area contributed by atoms with Crippen molar-refractivity contribution in [2.24, 2.45) is 11.7 Å². The van der Waals surface area contributed by atoms with Crippen LogP contribution in [0.25, 0.3) is 0 Å². The van der Waals surface area contributed by atoms with Gasteiger partial charge in [-0.1, -0.05) is 23.2 Å². The normalized spacial score (nSPS) is 15.6. The average Bonchev–Trinajstić information content (AvgIpc) is 2.53. The summed E-state index contributed by atoms with van der Waals surface area (Å²) in [4.78, 5) is 16.1. The van der Waals surface area contributed by atoms with Crippen LogP contribution < -0.4 is 16.4 Å². The molecule has 1 saturated heterocycles. The molecule has 6 nitrogen and oxygen atoms in total. The number of nitrogens with one attached hydrogen (secondary N) is 2. The fourth-order valence-electron chi connectivity index (χ4n) is 2.32. The number of aromatic nitrogens is 1. The Morgan fingerprint density at radius 1 is 1.33 bits per heavy atom. The number of amides is 1. The zero-order valence-corrected chi connectivity index (χ0v) is 16.1. The molecule has 0 aliphatic carbocycles. The summed E-state index contributed by atoms with van der Waals surface area (Å²) in [5, 5.41) is 6.77. The summed E-state index contributed by atoms with van der Waals surface area (Å²) in [7, 11) is 0. The van der Waals surface area contributed by atoms with Gasteiger partial charge in [-0.05, 0) is 24.8 Å². The van der Waals surface area contributed by atoms with Crippen LogP contribution in [0.2, 0.25) is 10.0 Å². The molecular formula is C14H22Cl4N4O2. The summed E-state index contributed by atoms with van der Waals surface area (Å²) in [5.41, 5.74) is 5.99. The number of hydrogen-bond acceptors (Lipinski definition) is 5. The topological polar surface area (TPSA) is 89.3 Å². The molecule has 1 aliphatic heterocycles. The molecule has 1 unspecified atom stereocenters. The van der Waals surface area contributed by atoms with Gasteiger partial charge < -0.3 is 21.1 Å². The molecule has 0 saturated carbocycles. The lowest BCUT2D eigenvalue weighted by atomic mass is 9.92. The quantitative estimate of drug-likeness (QED) is 0.616. The average molecular weight is 420 g/mol. The Balaban J connectivity index is 0.00000264. The van der Waals surface area contributed by atoms with Crippen LogP contribution in [0, 0.1) is 5.92 Å². The molecule has 1 atom stereocenters. The van der Waals surface area contributed by atoms with Gasteiger partial charge in [0.2, 0.25) is 5.91 Å². The molecule has 2 heterocycles. The molecule has 1 aromatic heterocycles. The number of halogens is 4. The Kier molecular flexibility index (Phi) is 11.7. The Morgan fingerprint density at radius 2 is 2.00 bits per heavy atom. The number of rotatable bonds is 6. The predicted octanol–water partition coefficient (Wildman–Crippen LogP) is 2.51. The minimum Gasteiger partial charge on any atom is -0.381 e. The van der Waals surface area contributed by atoms with Crippen LogP contribution in [-0.4, -0.2) is 43.2 Å².